The zero-order valence-corrected chi connectivity index (χ0v) is 48.6. The Labute approximate surface area is 433 Å². The zero-order chi connectivity index (χ0) is 48.9. The van der Waals surface area contributed by atoms with Crippen molar-refractivity contribution >= 4 is 22.8 Å². The molecule has 2 N–H and O–H groups in total. The second-order valence-electron chi connectivity index (χ2n) is 20.5. The van der Waals surface area contributed by atoms with Gasteiger partial charge in [0.1, 0.15) is 5.78 Å². The molecule has 7 aliphatic rings. The van der Waals surface area contributed by atoms with Crippen molar-refractivity contribution in [3.8, 4) is 0 Å². The van der Waals surface area contributed by atoms with Gasteiger partial charge in [-0.15, -0.1) is 19.7 Å². The van der Waals surface area contributed by atoms with Gasteiger partial charge >= 0.3 is 37.9 Å². The number of Topliss-reactive ketones (excluding diaryl/α,β-unsaturated/α-hetero) is 1. The van der Waals surface area contributed by atoms with Crippen molar-refractivity contribution in [3.63, 3.8) is 0 Å². The van der Waals surface area contributed by atoms with Crippen LogP contribution in [0.3, 0.4) is 0 Å². The second kappa shape index (κ2) is 36.8. The fraction of sp³-hybridized carbons (Fsp3) is 0.557. The molecular weight excluding hydrogens is 941 g/mol. The number of hydrogen-bond acceptors (Lipinski definition) is 3. The van der Waals surface area contributed by atoms with Crippen LogP contribution in [0.4, 0.5) is 0 Å². The van der Waals surface area contributed by atoms with E-state index in [4.69, 9.17) is 22.1 Å². The molecule has 1 saturated heterocycles. The molecule has 0 aromatic heterocycles. The van der Waals surface area contributed by atoms with Crippen LogP contribution < -0.4 is 5.32 Å². The predicted molar refractivity (Wildman–Crippen MR) is 299 cm³/mol. The Bertz CT molecular complexity index is 1620. The minimum atomic E-state index is -0.826. The van der Waals surface area contributed by atoms with Crippen LogP contribution in [-0.2, 0) is 25.6 Å². The van der Waals surface area contributed by atoms with E-state index < -0.39 is 20.8 Å². The molecule has 5 unspecified atom stereocenters. The number of aliphatic hydroxyl groups excluding tert-OH is 1. The van der Waals surface area contributed by atoms with Crippen LogP contribution in [0.1, 0.15) is 146 Å². The van der Waals surface area contributed by atoms with E-state index in [0.717, 1.165) is 45.1 Å². The number of carbonyl (C=O) groups excluding carboxylic acids is 1. The van der Waals surface area contributed by atoms with E-state index in [2.05, 4.69) is 172 Å². The van der Waals surface area contributed by atoms with Crippen molar-refractivity contribution in [2.45, 2.75) is 146 Å². The van der Waals surface area contributed by atoms with Gasteiger partial charge in [-0.1, -0.05) is 170 Å². The Kier molecular flexibility index (Phi) is 36.8. The summed E-state index contributed by atoms with van der Waals surface area (Å²) in [6.07, 6.45) is 54.0. The van der Waals surface area contributed by atoms with E-state index in [1.807, 2.05) is 6.08 Å². The van der Waals surface area contributed by atoms with Crippen LogP contribution >= 0.6 is 17.0 Å². The molecular formula is C61H97Cl2NO2Zr. The average Bonchev–Trinajstić information content (AvgIpc) is 4.15. The van der Waals surface area contributed by atoms with E-state index in [1.165, 1.54) is 69.2 Å². The third-order valence-electron chi connectivity index (χ3n) is 13.8. The molecule has 0 aromatic carbocycles. The van der Waals surface area contributed by atoms with E-state index in [1.54, 1.807) is 24.1 Å². The summed E-state index contributed by atoms with van der Waals surface area (Å²) in [7, 11) is 10.9. The molecule has 3 fully saturated rings. The molecule has 376 valence electrons. The minimum absolute atomic E-state index is 0. The molecule has 0 aromatic rings. The van der Waals surface area contributed by atoms with Crippen molar-refractivity contribution in [1.82, 2.24) is 5.32 Å². The van der Waals surface area contributed by atoms with E-state index in [0.29, 0.717) is 41.4 Å². The Hall–Kier alpha value is -2.07. The molecule has 0 bridgehead atoms. The van der Waals surface area contributed by atoms with E-state index in [-0.39, 0.29) is 31.5 Å². The number of nitrogens with one attached hydrogen (secondary N) is 1. The number of halogens is 2. The fourth-order valence-corrected chi connectivity index (χ4v) is 10.1. The average molecular weight is 1040 g/mol. The van der Waals surface area contributed by atoms with Crippen LogP contribution in [0.25, 0.3) is 0 Å². The summed E-state index contributed by atoms with van der Waals surface area (Å²) in [6, 6.07) is 0. The number of aliphatic hydroxyl groups is 1. The Balaban J connectivity index is 0. The summed E-state index contributed by atoms with van der Waals surface area (Å²) in [6.45, 7) is 34.5. The summed E-state index contributed by atoms with van der Waals surface area (Å²) in [5.74, 6) is 4.41. The van der Waals surface area contributed by atoms with Gasteiger partial charge in [-0.25, -0.2) is 0 Å². The van der Waals surface area contributed by atoms with Crippen molar-refractivity contribution in [2.75, 3.05) is 20.2 Å². The fourth-order valence-electron chi connectivity index (χ4n) is 10.1. The summed E-state index contributed by atoms with van der Waals surface area (Å²) < 4.78 is 0. The van der Waals surface area contributed by atoms with Gasteiger partial charge in [-0.3, -0.25) is 0 Å². The van der Waals surface area contributed by atoms with Gasteiger partial charge in [0.15, 0.2) is 0 Å². The topological polar surface area (TPSA) is 49.3 Å². The number of ketones is 1. The SMILES string of the molecule is C1=CCC=C1.C1CCNC1.C=CCCC(C)(C1CCCC1)C1C2C=C(C(C)(C)C)C=CC2C2C=CC(C(C)(C)C)=CC21.C=CCCC(C)=C1C=CC=C1.C=CCCC(C)=O.CO.[CH3-].[CH3-].[Cl][Zr+2][Cl]. The number of hydrogen-bond donors (Lipinski definition) is 2. The van der Waals surface area contributed by atoms with Gasteiger partial charge in [0.25, 0.3) is 0 Å². The summed E-state index contributed by atoms with van der Waals surface area (Å²) in [5.41, 5.74) is 6.72. The van der Waals surface area contributed by atoms with Crippen LogP contribution in [-0.4, -0.2) is 31.1 Å². The Morgan fingerprint density at radius 3 is 1.45 bits per heavy atom. The summed E-state index contributed by atoms with van der Waals surface area (Å²) in [4.78, 5) is 10.2. The van der Waals surface area contributed by atoms with Crippen molar-refractivity contribution < 1.29 is 30.7 Å². The van der Waals surface area contributed by atoms with E-state index >= 15 is 0 Å². The predicted octanol–water partition coefficient (Wildman–Crippen LogP) is 18.0. The number of rotatable bonds is 11. The van der Waals surface area contributed by atoms with Gasteiger partial charge < -0.3 is 30.1 Å². The summed E-state index contributed by atoms with van der Waals surface area (Å²) in [5, 5.41) is 10.2. The number of allylic oxidation sites excluding steroid dienone is 21. The van der Waals surface area contributed by atoms with Crippen molar-refractivity contribution in [3.05, 3.63) is 160 Å². The van der Waals surface area contributed by atoms with Gasteiger partial charge in [0.05, 0.1) is 0 Å². The first-order valence-corrected chi connectivity index (χ1v) is 30.9. The second-order valence-corrected chi connectivity index (χ2v) is 24.3. The van der Waals surface area contributed by atoms with E-state index in [9.17, 15) is 4.79 Å². The first kappa shape index (κ1) is 67.0. The van der Waals surface area contributed by atoms with Gasteiger partial charge in [0.2, 0.25) is 0 Å². The van der Waals surface area contributed by atoms with Crippen molar-refractivity contribution in [2.24, 2.45) is 51.8 Å². The molecule has 1 aliphatic heterocycles. The molecule has 7 rings (SSSR count). The van der Waals surface area contributed by atoms with Crippen LogP contribution in [0.5, 0.6) is 0 Å². The number of fused-ring (bicyclic) bond motifs is 3. The number of carbonyl (C=O) groups is 1. The molecule has 6 heteroatoms. The van der Waals surface area contributed by atoms with Gasteiger partial charge in [0, 0.05) is 13.5 Å². The quantitative estimate of drug-likeness (QED) is 0.160. The maximum atomic E-state index is 10.2. The summed E-state index contributed by atoms with van der Waals surface area (Å²) >= 11 is -0.826. The normalized spacial score (nSPS) is 23.0. The first-order valence-electron chi connectivity index (χ1n) is 24.6. The molecule has 5 atom stereocenters. The molecule has 0 spiro atoms. The molecule has 1 heterocycles. The third kappa shape index (κ3) is 24.1. The first-order chi connectivity index (χ1) is 31.0. The van der Waals surface area contributed by atoms with Crippen LogP contribution in [0.2, 0.25) is 0 Å². The van der Waals surface area contributed by atoms with Gasteiger partial charge in [-0.2, -0.15) is 0 Å². The third-order valence-corrected chi connectivity index (χ3v) is 13.8. The molecule has 6 aliphatic carbocycles. The molecule has 0 amide bonds. The van der Waals surface area contributed by atoms with Crippen LogP contribution in [0, 0.1) is 66.6 Å². The van der Waals surface area contributed by atoms with Crippen molar-refractivity contribution in [1.29, 1.82) is 0 Å². The monoisotopic (exact) mass is 1040 g/mol. The molecule has 0 radical (unpaired) electrons. The molecule has 2 saturated carbocycles. The zero-order valence-electron chi connectivity index (χ0n) is 44.6. The maximum absolute atomic E-state index is 10.2. The Morgan fingerprint density at radius 1 is 0.687 bits per heavy atom. The standard InChI is InChI=1S/C32H48.C11H14.C6H10O.C5H6.C4H9N.CH4O.2CH3.2ClH.Zr/c1-9-10-19-32(8,22-13-11-12-14-22)29-27-20-23(30(2,3)4)15-17-25(27)26-18-16-24(21-28(26)29)31(5,6)7;1-3-4-7-10(2)11-8-5-6-9-11;1-3-4-5-6(2)7;2*1-2-4-5-3-1;1-2;;;;;/h9,15-18,20-22,25-29H,1,10-14,19H2,2-8H3;3,5-6,8-9H,1,4,7H2,2H3;3H,1,4-5H2,2H3;1-4H,5H2;5H,1-4H2;2H,1H3;2*1H3;2*1H;/q;;;;;;2*-1;;;+4/p-2. The van der Waals surface area contributed by atoms with Gasteiger partial charge in [-0.05, 0) is 160 Å². The molecule has 3 nitrogen and oxygen atoms in total. The van der Waals surface area contributed by atoms with Crippen LogP contribution in [0.15, 0.2) is 145 Å². The Morgan fingerprint density at radius 2 is 1.12 bits per heavy atom. The molecule has 67 heavy (non-hydrogen) atoms.